The summed E-state index contributed by atoms with van der Waals surface area (Å²) in [6.45, 7) is 2.54. The standard InChI is InChI=1S/C30H28N4O/c35-21-29-27-19-26(23-7-3-1-4-8-23)30(34-28(27)15-16-33-29)24-13-11-22(12-14-24)20-31-17-18-32-25-9-5-2-6-10-25/h1-16,19,21,29,31-33H,17-18,20H2. The normalized spacial score (nSPS) is 14.1. The third-order valence-electron chi connectivity index (χ3n) is 6.12. The van der Waals surface area contributed by atoms with Crippen LogP contribution in [0.3, 0.4) is 0 Å². The van der Waals surface area contributed by atoms with Gasteiger partial charge in [-0.3, -0.25) is 0 Å². The maximum atomic E-state index is 11.6. The number of nitrogens with one attached hydrogen (secondary N) is 3. The Morgan fingerprint density at radius 3 is 2.34 bits per heavy atom. The molecule has 5 rings (SSSR count). The zero-order valence-corrected chi connectivity index (χ0v) is 19.4. The Kier molecular flexibility index (Phi) is 6.97. The Morgan fingerprint density at radius 2 is 1.60 bits per heavy atom. The van der Waals surface area contributed by atoms with Crippen LogP contribution >= 0.6 is 0 Å². The highest BCUT2D eigenvalue weighted by Gasteiger charge is 2.21. The number of carbonyl (C=O) groups excluding carboxylic acids is 1. The van der Waals surface area contributed by atoms with Gasteiger partial charge in [0.25, 0.3) is 0 Å². The van der Waals surface area contributed by atoms with Crippen LogP contribution in [0.4, 0.5) is 5.69 Å². The van der Waals surface area contributed by atoms with Crippen molar-refractivity contribution in [2.45, 2.75) is 12.6 Å². The molecule has 5 nitrogen and oxygen atoms in total. The predicted molar refractivity (Wildman–Crippen MR) is 143 cm³/mol. The Bertz CT molecular complexity index is 1300. The summed E-state index contributed by atoms with van der Waals surface area (Å²) in [7, 11) is 0. The number of carbonyl (C=O) groups is 1. The number of nitrogens with zero attached hydrogens (tertiary/aromatic N) is 1. The molecule has 0 fully saturated rings. The molecule has 174 valence electrons. The van der Waals surface area contributed by atoms with Crippen molar-refractivity contribution in [2.75, 3.05) is 18.4 Å². The van der Waals surface area contributed by atoms with Gasteiger partial charge in [-0.05, 0) is 41.6 Å². The molecule has 4 aromatic rings. The van der Waals surface area contributed by atoms with Gasteiger partial charge in [-0.15, -0.1) is 0 Å². The number of hydrogen-bond acceptors (Lipinski definition) is 5. The molecule has 3 aromatic carbocycles. The minimum absolute atomic E-state index is 0.385. The van der Waals surface area contributed by atoms with Crippen LogP contribution in [-0.4, -0.2) is 24.4 Å². The van der Waals surface area contributed by atoms with Gasteiger partial charge >= 0.3 is 0 Å². The van der Waals surface area contributed by atoms with Gasteiger partial charge in [0.15, 0.2) is 0 Å². The smallest absolute Gasteiger partial charge is 0.146 e. The molecule has 35 heavy (non-hydrogen) atoms. The number of fused-ring (bicyclic) bond motifs is 1. The molecule has 0 aliphatic carbocycles. The molecule has 1 aliphatic rings. The fourth-order valence-electron chi connectivity index (χ4n) is 4.28. The zero-order chi connectivity index (χ0) is 23.9. The van der Waals surface area contributed by atoms with Gasteiger partial charge in [-0.2, -0.15) is 0 Å². The van der Waals surface area contributed by atoms with Crippen molar-refractivity contribution in [3.8, 4) is 22.4 Å². The van der Waals surface area contributed by atoms with Crippen molar-refractivity contribution in [3.05, 3.63) is 114 Å². The summed E-state index contributed by atoms with van der Waals surface area (Å²) in [5, 5.41) is 10.0. The quantitative estimate of drug-likeness (QED) is 0.230. The first-order valence-corrected chi connectivity index (χ1v) is 11.9. The molecule has 1 aliphatic heterocycles. The monoisotopic (exact) mass is 460 g/mol. The molecule has 0 radical (unpaired) electrons. The SMILES string of the molecule is O=CC1NC=Cc2nc(-c3ccc(CNCCNc4ccccc4)cc3)c(-c3ccccc3)cc21. The van der Waals surface area contributed by atoms with E-state index < -0.39 is 0 Å². The lowest BCUT2D eigenvalue weighted by Gasteiger charge is -2.21. The van der Waals surface area contributed by atoms with Crippen LogP contribution in [0.15, 0.2) is 97.2 Å². The highest BCUT2D eigenvalue weighted by molar-refractivity contribution is 5.84. The minimum Gasteiger partial charge on any atom is -0.384 e. The summed E-state index contributed by atoms with van der Waals surface area (Å²) in [4.78, 5) is 16.6. The van der Waals surface area contributed by atoms with Crippen LogP contribution < -0.4 is 16.0 Å². The van der Waals surface area contributed by atoms with E-state index >= 15 is 0 Å². The van der Waals surface area contributed by atoms with E-state index in [-0.39, 0.29) is 6.04 Å². The van der Waals surface area contributed by atoms with Crippen LogP contribution in [0, 0.1) is 0 Å². The van der Waals surface area contributed by atoms with Crippen LogP contribution in [0.25, 0.3) is 28.5 Å². The van der Waals surface area contributed by atoms with Crippen LogP contribution in [-0.2, 0) is 11.3 Å². The first-order valence-electron chi connectivity index (χ1n) is 11.9. The largest absolute Gasteiger partial charge is 0.384 e. The molecule has 1 atom stereocenters. The first kappa shape index (κ1) is 22.6. The average molecular weight is 461 g/mol. The third-order valence-corrected chi connectivity index (χ3v) is 6.12. The number of aromatic nitrogens is 1. The van der Waals surface area contributed by atoms with Gasteiger partial charge in [0.1, 0.15) is 12.3 Å². The Labute approximate surface area is 205 Å². The lowest BCUT2D eigenvalue weighted by atomic mass is 9.93. The second-order valence-electron chi connectivity index (χ2n) is 8.51. The molecule has 0 saturated heterocycles. The lowest BCUT2D eigenvalue weighted by molar-refractivity contribution is -0.109. The van der Waals surface area contributed by atoms with E-state index in [9.17, 15) is 4.79 Å². The van der Waals surface area contributed by atoms with E-state index in [4.69, 9.17) is 4.98 Å². The summed E-state index contributed by atoms with van der Waals surface area (Å²) < 4.78 is 0. The maximum Gasteiger partial charge on any atom is 0.146 e. The summed E-state index contributed by atoms with van der Waals surface area (Å²) >= 11 is 0. The van der Waals surface area contributed by atoms with Gasteiger partial charge in [0.2, 0.25) is 0 Å². The van der Waals surface area contributed by atoms with Crippen molar-refractivity contribution in [1.29, 1.82) is 0 Å². The molecular weight excluding hydrogens is 432 g/mol. The second kappa shape index (κ2) is 10.8. The Balaban J connectivity index is 1.33. The highest BCUT2D eigenvalue weighted by Crippen LogP contribution is 2.35. The number of hydrogen-bond donors (Lipinski definition) is 3. The van der Waals surface area contributed by atoms with E-state index in [1.807, 2.05) is 42.5 Å². The second-order valence-corrected chi connectivity index (χ2v) is 8.51. The van der Waals surface area contributed by atoms with Gasteiger partial charge in [-0.25, -0.2) is 4.98 Å². The molecule has 0 spiro atoms. The molecule has 1 aromatic heterocycles. The molecule has 0 bridgehead atoms. The van der Waals surface area contributed by atoms with Crippen LogP contribution in [0.1, 0.15) is 22.9 Å². The maximum absolute atomic E-state index is 11.6. The van der Waals surface area contributed by atoms with Crippen molar-refractivity contribution in [2.24, 2.45) is 0 Å². The lowest BCUT2D eigenvalue weighted by Crippen LogP contribution is -2.22. The molecule has 2 heterocycles. The summed E-state index contributed by atoms with van der Waals surface area (Å²) in [5.41, 5.74) is 8.14. The number of pyridine rings is 1. The average Bonchev–Trinajstić information content (AvgIpc) is 2.93. The number of benzene rings is 3. The Morgan fingerprint density at radius 1 is 0.857 bits per heavy atom. The van der Waals surface area contributed by atoms with Crippen LogP contribution in [0.2, 0.25) is 0 Å². The zero-order valence-electron chi connectivity index (χ0n) is 19.4. The van der Waals surface area contributed by atoms with Crippen molar-refractivity contribution in [1.82, 2.24) is 15.6 Å². The molecular formula is C30H28N4O. The molecule has 0 amide bonds. The Hall–Kier alpha value is -4.22. The van der Waals surface area contributed by atoms with Crippen molar-refractivity contribution >= 4 is 18.0 Å². The highest BCUT2D eigenvalue weighted by atomic mass is 16.1. The summed E-state index contributed by atoms with van der Waals surface area (Å²) in [6, 6.07) is 30.7. The molecule has 3 N–H and O–H groups in total. The van der Waals surface area contributed by atoms with Gasteiger partial charge in [0.05, 0.1) is 11.4 Å². The van der Waals surface area contributed by atoms with Gasteiger partial charge in [0, 0.05) is 42.0 Å². The van der Waals surface area contributed by atoms with E-state index in [1.165, 1.54) is 5.56 Å². The minimum atomic E-state index is -0.385. The molecule has 0 saturated carbocycles. The third kappa shape index (κ3) is 5.31. The molecule has 5 heteroatoms. The van der Waals surface area contributed by atoms with Gasteiger partial charge in [-0.1, -0.05) is 72.8 Å². The van der Waals surface area contributed by atoms with E-state index in [2.05, 4.69) is 70.5 Å². The first-order chi connectivity index (χ1) is 17.3. The van der Waals surface area contributed by atoms with E-state index in [1.54, 1.807) is 6.20 Å². The summed E-state index contributed by atoms with van der Waals surface area (Å²) in [5.74, 6) is 0. The number of rotatable bonds is 9. The van der Waals surface area contributed by atoms with Gasteiger partial charge < -0.3 is 20.7 Å². The number of aldehydes is 1. The number of para-hydroxylation sites is 1. The summed E-state index contributed by atoms with van der Waals surface area (Å²) in [6.07, 6.45) is 4.65. The van der Waals surface area contributed by atoms with Crippen molar-refractivity contribution < 1.29 is 4.79 Å². The van der Waals surface area contributed by atoms with E-state index in [0.717, 1.165) is 65.2 Å². The number of anilines is 1. The fraction of sp³-hybridized carbons (Fsp3) is 0.133. The predicted octanol–water partition coefficient (Wildman–Crippen LogP) is 5.43. The van der Waals surface area contributed by atoms with E-state index in [0.29, 0.717) is 0 Å². The fourth-order valence-corrected chi connectivity index (χ4v) is 4.28. The van der Waals surface area contributed by atoms with Crippen LogP contribution in [0.5, 0.6) is 0 Å². The topological polar surface area (TPSA) is 66.0 Å². The molecule has 1 unspecified atom stereocenters. The van der Waals surface area contributed by atoms with Crippen molar-refractivity contribution in [3.63, 3.8) is 0 Å².